The normalized spacial score (nSPS) is 21.7. The molecule has 0 bridgehead atoms. The highest BCUT2D eigenvalue weighted by Gasteiger charge is 2.32. The fourth-order valence-electron chi connectivity index (χ4n) is 3.41. The molecule has 1 aromatic carbocycles. The summed E-state index contributed by atoms with van der Waals surface area (Å²) in [5.74, 6) is 0.680. The Morgan fingerprint density at radius 2 is 1.65 bits per heavy atom. The maximum absolute atomic E-state index is 12.3. The summed E-state index contributed by atoms with van der Waals surface area (Å²) in [5.41, 5.74) is 1.42. The second kappa shape index (κ2) is 9.86. The first-order valence-corrected chi connectivity index (χ1v) is 11.5. The minimum absolute atomic E-state index is 0.112. The molecule has 0 heterocycles. The van der Waals surface area contributed by atoms with Crippen LogP contribution < -0.4 is 10.0 Å². The smallest absolute Gasteiger partial charge is 0.216 e. The van der Waals surface area contributed by atoms with Crippen molar-refractivity contribution >= 4 is 10.0 Å². The van der Waals surface area contributed by atoms with E-state index in [1.807, 2.05) is 0 Å². The summed E-state index contributed by atoms with van der Waals surface area (Å²) >= 11 is 0. The maximum Gasteiger partial charge on any atom is 0.216 e. The molecule has 148 valence electrons. The molecule has 1 aromatic rings. The molecule has 1 aliphatic rings. The number of aryl methyl sites for hydroxylation is 1. The summed E-state index contributed by atoms with van der Waals surface area (Å²) in [4.78, 5) is 0. The predicted octanol–water partition coefficient (Wildman–Crippen LogP) is 3.88. The molecule has 2 rings (SSSR count). The number of benzene rings is 1. The Hall–Kier alpha value is -0.910. The average Bonchev–Trinajstić information content (AvgIpc) is 2.59. The molecule has 0 aromatic heterocycles. The van der Waals surface area contributed by atoms with Gasteiger partial charge in [-0.1, -0.05) is 30.3 Å². The maximum atomic E-state index is 12.3. The van der Waals surface area contributed by atoms with E-state index in [-0.39, 0.29) is 6.04 Å². The fourth-order valence-corrected chi connectivity index (χ4v) is 4.44. The highest BCUT2D eigenvalue weighted by molar-refractivity contribution is 7.90. The zero-order valence-corrected chi connectivity index (χ0v) is 17.4. The van der Waals surface area contributed by atoms with Crippen molar-refractivity contribution in [3.8, 4) is 0 Å². The molecule has 0 amide bonds. The van der Waals surface area contributed by atoms with Crippen LogP contribution in [0.15, 0.2) is 30.3 Å². The van der Waals surface area contributed by atoms with E-state index in [0.29, 0.717) is 5.92 Å². The van der Waals surface area contributed by atoms with Gasteiger partial charge in [0.2, 0.25) is 10.0 Å². The topological polar surface area (TPSA) is 58.2 Å². The first kappa shape index (κ1) is 21.4. The van der Waals surface area contributed by atoms with Crippen molar-refractivity contribution in [3.05, 3.63) is 35.9 Å². The van der Waals surface area contributed by atoms with Crippen molar-refractivity contribution in [2.45, 2.75) is 76.5 Å². The van der Waals surface area contributed by atoms with Crippen molar-refractivity contribution < 1.29 is 8.42 Å². The van der Waals surface area contributed by atoms with Gasteiger partial charge in [-0.2, -0.15) is 0 Å². The molecule has 4 nitrogen and oxygen atoms in total. The lowest BCUT2D eigenvalue weighted by Gasteiger charge is -2.31. The van der Waals surface area contributed by atoms with Crippen LogP contribution in [0.5, 0.6) is 0 Å². The Bertz CT molecular complexity index is 615. The quantitative estimate of drug-likeness (QED) is 0.639. The minimum atomic E-state index is -3.23. The van der Waals surface area contributed by atoms with Gasteiger partial charge in [-0.05, 0) is 90.3 Å². The molecule has 0 unspecified atom stereocenters. The predicted molar refractivity (Wildman–Crippen MR) is 110 cm³/mol. The van der Waals surface area contributed by atoms with Gasteiger partial charge >= 0.3 is 0 Å². The zero-order chi connectivity index (χ0) is 19.0. The van der Waals surface area contributed by atoms with Gasteiger partial charge in [0.05, 0.1) is 4.75 Å². The van der Waals surface area contributed by atoms with Crippen LogP contribution in [0, 0.1) is 5.92 Å². The van der Waals surface area contributed by atoms with Gasteiger partial charge in [0, 0.05) is 6.04 Å². The lowest BCUT2D eigenvalue weighted by molar-refractivity contribution is 0.301. The Balaban J connectivity index is 1.55. The molecular formula is C21H36N2O2S. The third kappa shape index (κ3) is 7.01. The highest BCUT2D eigenvalue weighted by Crippen LogP contribution is 2.25. The van der Waals surface area contributed by atoms with Gasteiger partial charge in [-0.15, -0.1) is 0 Å². The minimum Gasteiger partial charge on any atom is -0.316 e. The monoisotopic (exact) mass is 380 g/mol. The average molecular weight is 381 g/mol. The summed E-state index contributed by atoms with van der Waals surface area (Å²) in [7, 11) is -3.23. The Morgan fingerprint density at radius 3 is 2.27 bits per heavy atom. The van der Waals surface area contributed by atoms with Gasteiger partial charge in [0.1, 0.15) is 0 Å². The Labute approximate surface area is 160 Å². The van der Waals surface area contributed by atoms with E-state index in [2.05, 4.69) is 40.4 Å². The molecule has 0 atom stereocenters. The van der Waals surface area contributed by atoms with Gasteiger partial charge in [-0.3, -0.25) is 0 Å². The Kier molecular flexibility index (Phi) is 8.11. The van der Waals surface area contributed by atoms with Crippen molar-refractivity contribution in [2.75, 3.05) is 13.1 Å². The third-order valence-electron chi connectivity index (χ3n) is 5.32. The zero-order valence-electron chi connectivity index (χ0n) is 16.6. The molecule has 0 saturated heterocycles. The Morgan fingerprint density at radius 1 is 1.00 bits per heavy atom. The molecule has 5 heteroatoms. The van der Waals surface area contributed by atoms with Gasteiger partial charge in [-0.25, -0.2) is 13.1 Å². The molecule has 1 saturated carbocycles. The van der Waals surface area contributed by atoms with E-state index in [1.54, 1.807) is 20.8 Å². The van der Waals surface area contributed by atoms with Crippen molar-refractivity contribution in [1.29, 1.82) is 0 Å². The second-order valence-corrected chi connectivity index (χ2v) is 11.1. The third-order valence-corrected chi connectivity index (χ3v) is 7.58. The van der Waals surface area contributed by atoms with Crippen LogP contribution in [0.4, 0.5) is 0 Å². The SMILES string of the molecule is CC(C)(C)S(=O)(=O)NC1CCC(CNCCCCc2ccccc2)CC1. The fraction of sp³-hybridized carbons (Fsp3) is 0.714. The van der Waals surface area contributed by atoms with Crippen LogP contribution in [0.25, 0.3) is 0 Å². The van der Waals surface area contributed by atoms with Gasteiger partial charge in [0.15, 0.2) is 0 Å². The van der Waals surface area contributed by atoms with Crippen LogP contribution in [-0.4, -0.2) is 32.3 Å². The number of hydrogen-bond donors (Lipinski definition) is 2. The van der Waals surface area contributed by atoms with E-state index >= 15 is 0 Å². The van der Waals surface area contributed by atoms with E-state index in [1.165, 1.54) is 18.4 Å². The number of sulfonamides is 1. The van der Waals surface area contributed by atoms with Crippen LogP contribution in [0.2, 0.25) is 0 Å². The number of hydrogen-bond acceptors (Lipinski definition) is 3. The van der Waals surface area contributed by atoms with E-state index in [9.17, 15) is 8.42 Å². The number of nitrogens with one attached hydrogen (secondary N) is 2. The van der Waals surface area contributed by atoms with Gasteiger partial charge in [0.25, 0.3) is 0 Å². The molecular weight excluding hydrogens is 344 g/mol. The van der Waals surface area contributed by atoms with Crippen LogP contribution in [0.1, 0.15) is 64.9 Å². The molecule has 0 spiro atoms. The summed E-state index contributed by atoms with van der Waals surface area (Å²) < 4.78 is 26.7. The first-order chi connectivity index (χ1) is 12.3. The van der Waals surface area contributed by atoms with E-state index in [0.717, 1.165) is 45.2 Å². The number of rotatable bonds is 9. The van der Waals surface area contributed by atoms with Crippen LogP contribution in [0.3, 0.4) is 0 Å². The molecule has 26 heavy (non-hydrogen) atoms. The summed E-state index contributed by atoms with van der Waals surface area (Å²) in [6, 6.07) is 10.8. The first-order valence-electron chi connectivity index (χ1n) is 10.0. The standard InChI is InChI=1S/C21H36N2O2S/c1-21(2,3)26(24,25)23-20-14-12-19(13-15-20)17-22-16-8-7-11-18-9-5-4-6-10-18/h4-6,9-10,19-20,22-23H,7-8,11-17H2,1-3H3. The van der Waals surface area contributed by atoms with Crippen molar-refractivity contribution in [3.63, 3.8) is 0 Å². The largest absolute Gasteiger partial charge is 0.316 e. The summed E-state index contributed by atoms with van der Waals surface area (Å²) in [5, 5.41) is 3.59. The molecule has 0 aliphatic heterocycles. The summed E-state index contributed by atoms with van der Waals surface area (Å²) in [6.07, 6.45) is 7.70. The van der Waals surface area contributed by atoms with E-state index < -0.39 is 14.8 Å². The molecule has 1 fully saturated rings. The summed E-state index contributed by atoms with van der Waals surface area (Å²) in [6.45, 7) is 7.39. The lowest BCUT2D eigenvalue weighted by atomic mass is 9.86. The van der Waals surface area contributed by atoms with Crippen molar-refractivity contribution in [1.82, 2.24) is 10.0 Å². The molecule has 1 aliphatic carbocycles. The van der Waals surface area contributed by atoms with Crippen molar-refractivity contribution in [2.24, 2.45) is 5.92 Å². The highest BCUT2D eigenvalue weighted by atomic mass is 32.2. The van der Waals surface area contributed by atoms with Gasteiger partial charge < -0.3 is 5.32 Å². The molecule has 0 radical (unpaired) electrons. The van der Waals surface area contributed by atoms with Crippen LogP contribution >= 0.6 is 0 Å². The number of unbranched alkanes of at least 4 members (excludes halogenated alkanes) is 1. The molecule has 2 N–H and O–H groups in total. The van der Waals surface area contributed by atoms with E-state index in [4.69, 9.17) is 0 Å². The van der Waals surface area contributed by atoms with Crippen LogP contribution in [-0.2, 0) is 16.4 Å². The lowest BCUT2D eigenvalue weighted by Crippen LogP contribution is -2.46. The second-order valence-electron chi connectivity index (χ2n) is 8.60.